The van der Waals surface area contributed by atoms with Crippen LogP contribution in [0.15, 0.2) is 47.4 Å². The van der Waals surface area contributed by atoms with Gasteiger partial charge in [-0.1, -0.05) is 6.07 Å². The van der Waals surface area contributed by atoms with Crippen molar-refractivity contribution >= 4 is 27.5 Å². The molecule has 14 heteroatoms. The van der Waals surface area contributed by atoms with Gasteiger partial charge in [-0.15, -0.1) is 0 Å². The molecule has 34 heavy (non-hydrogen) atoms. The lowest BCUT2D eigenvalue weighted by molar-refractivity contribution is -0.384. The van der Waals surface area contributed by atoms with Gasteiger partial charge in [0.05, 0.1) is 23.0 Å². The number of fused-ring (bicyclic) bond motifs is 1. The first-order chi connectivity index (χ1) is 16.3. The van der Waals surface area contributed by atoms with E-state index in [0.29, 0.717) is 17.1 Å². The average Bonchev–Trinajstić information content (AvgIpc) is 3.50. The zero-order chi connectivity index (χ0) is 24.3. The first-order valence-electron chi connectivity index (χ1n) is 10.1. The van der Waals surface area contributed by atoms with Crippen molar-refractivity contribution in [1.29, 1.82) is 0 Å². The van der Waals surface area contributed by atoms with Crippen LogP contribution < -0.4 is 20.1 Å². The molecular weight excluding hydrogens is 472 g/mol. The molecule has 2 heterocycles. The van der Waals surface area contributed by atoms with E-state index in [0.717, 1.165) is 28.6 Å². The van der Waals surface area contributed by atoms with Crippen molar-refractivity contribution in [2.24, 2.45) is 0 Å². The molecule has 2 amide bonds. The van der Waals surface area contributed by atoms with Crippen LogP contribution in [0.3, 0.4) is 0 Å². The van der Waals surface area contributed by atoms with Gasteiger partial charge in [-0.25, -0.2) is 8.42 Å². The molecule has 0 spiro atoms. The normalized spacial score (nSPS) is 17.4. The number of carbonyl (C=O) groups is 2. The number of ether oxygens (including phenoxy) is 3. The van der Waals surface area contributed by atoms with Crippen LogP contribution in [0.4, 0.5) is 5.69 Å². The summed E-state index contributed by atoms with van der Waals surface area (Å²) in [5, 5.41) is 15.6. The quantitative estimate of drug-likeness (QED) is 0.310. The largest absolute Gasteiger partial charge is 0.454 e. The monoisotopic (exact) mass is 492 g/mol. The molecule has 0 bridgehead atoms. The second kappa shape index (κ2) is 9.62. The number of amides is 2. The van der Waals surface area contributed by atoms with Gasteiger partial charge in [0.1, 0.15) is 6.23 Å². The molecule has 2 aromatic rings. The van der Waals surface area contributed by atoms with Crippen molar-refractivity contribution < 1.29 is 37.1 Å². The highest BCUT2D eigenvalue weighted by molar-refractivity contribution is 7.89. The molecule has 2 aromatic carbocycles. The van der Waals surface area contributed by atoms with Crippen LogP contribution in [0, 0.1) is 10.1 Å². The minimum atomic E-state index is -4.04. The third kappa shape index (κ3) is 4.93. The fourth-order valence-electron chi connectivity index (χ4n) is 3.39. The van der Waals surface area contributed by atoms with E-state index in [1.54, 1.807) is 18.2 Å². The molecule has 1 atom stereocenters. The molecule has 2 aliphatic rings. The molecular formula is C20H20N4O9S. The molecule has 1 saturated heterocycles. The topological polar surface area (TPSA) is 166 Å². The van der Waals surface area contributed by atoms with Gasteiger partial charge in [-0.3, -0.25) is 19.7 Å². The number of hydrogen-bond acceptors (Lipinski definition) is 9. The van der Waals surface area contributed by atoms with E-state index in [4.69, 9.17) is 14.2 Å². The molecule has 0 aliphatic carbocycles. The Hall–Kier alpha value is -3.75. The molecule has 0 radical (unpaired) electrons. The summed E-state index contributed by atoms with van der Waals surface area (Å²) >= 11 is 0. The maximum absolute atomic E-state index is 12.9. The molecule has 2 N–H and O–H groups in total. The van der Waals surface area contributed by atoms with Gasteiger partial charge >= 0.3 is 11.8 Å². The number of benzene rings is 2. The van der Waals surface area contributed by atoms with E-state index in [2.05, 4.69) is 10.6 Å². The lowest BCUT2D eigenvalue weighted by Crippen LogP contribution is -2.47. The van der Waals surface area contributed by atoms with Gasteiger partial charge in [0.25, 0.3) is 5.69 Å². The summed E-state index contributed by atoms with van der Waals surface area (Å²) in [5.74, 6) is -0.717. The van der Waals surface area contributed by atoms with E-state index < -0.39 is 33.0 Å². The summed E-state index contributed by atoms with van der Waals surface area (Å²) in [6.45, 7) is 0.0406. The molecule has 0 unspecified atom stereocenters. The van der Waals surface area contributed by atoms with Crippen LogP contribution in [-0.4, -0.2) is 62.2 Å². The van der Waals surface area contributed by atoms with E-state index in [1.165, 1.54) is 0 Å². The Balaban J connectivity index is 1.31. The van der Waals surface area contributed by atoms with E-state index in [1.807, 2.05) is 0 Å². The van der Waals surface area contributed by atoms with Crippen molar-refractivity contribution in [2.75, 3.05) is 26.5 Å². The third-order valence-electron chi connectivity index (χ3n) is 5.13. The molecule has 0 aromatic heterocycles. The van der Waals surface area contributed by atoms with Gasteiger partial charge in [0, 0.05) is 25.2 Å². The number of nitrogens with one attached hydrogen (secondary N) is 2. The predicted molar refractivity (Wildman–Crippen MR) is 114 cm³/mol. The van der Waals surface area contributed by atoms with Crippen LogP contribution in [0.25, 0.3) is 0 Å². The highest BCUT2D eigenvalue weighted by Crippen LogP contribution is 2.32. The average molecular weight is 492 g/mol. The van der Waals surface area contributed by atoms with Gasteiger partial charge in [0.15, 0.2) is 11.5 Å². The van der Waals surface area contributed by atoms with Gasteiger partial charge in [-0.2, -0.15) is 4.31 Å². The molecule has 180 valence electrons. The maximum Gasteiger partial charge on any atom is 0.309 e. The first-order valence-corrected chi connectivity index (χ1v) is 11.5. The van der Waals surface area contributed by atoms with Crippen molar-refractivity contribution in [1.82, 2.24) is 14.9 Å². The summed E-state index contributed by atoms with van der Waals surface area (Å²) in [7, 11) is -4.04. The first kappa shape index (κ1) is 23.4. The number of nitro groups is 1. The van der Waals surface area contributed by atoms with Gasteiger partial charge < -0.3 is 24.8 Å². The maximum atomic E-state index is 12.9. The number of nitro benzene ring substituents is 1. The fourth-order valence-corrected chi connectivity index (χ4v) is 4.90. The number of carbonyl (C=O) groups excluding carboxylic acids is 2. The zero-order valence-electron chi connectivity index (χ0n) is 17.6. The lowest BCUT2D eigenvalue weighted by Gasteiger charge is -2.22. The Bertz CT molecular complexity index is 1220. The smallest absolute Gasteiger partial charge is 0.309 e. The summed E-state index contributed by atoms with van der Waals surface area (Å²) in [6.07, 6.45) is -1.04. The summed E-state index contributed by atoms with van der Waals surface area (Å²) < 4.78 is 42.7. The molecule has 0 saturated carbocycles. The summed E-state index contributed by atoms with van der Waals surface area (Å²) in [4.78, 5) is 34.3. The Labute approximate surface area is 193 Å². The highest BCUT2D eigenvalue weighted by atomic mass is 32.2. The summed E-state index contributed by atoms with van der Waals surface area (Å²) in [5.41, 5.74) is 0.456. The van der Waals surface area contributed by atoms with E-state index in [9.17, 15) is 28.1 Å². The second-order valence-corrected chi connectivity index (χ2v) is 9.16. The SMILES string of the molecule is O=C(NCc1ccc2c(c1)OCO2)C(=O)NC[C@@H]1OCCN1S(=O)(=O)c1ccc([N+](=O)[O-])cc1. The molecule has 13 nitrogen and oxygen atoms in total. The fraction of sp³-hybridized carbons (Fsp3) is 0.300. The summed E-state index contributed by atoms with van der Waals surface area (Å²) in [6, 6.07) is 9.54. The molecule has 2 aliphatic heterocycles. The van der Waals surface area contributed by atoms with Crippen LogP contribution >= 0.6 is 0 Å². The van der Waals surface area contributed by atoms with Crippen LogP contribution in [0.5, 0.6) is 11.5 Å². The lowest BCUT2D eigenvalue weighted by atomic mass is 10.2. The molecule has 4 rings (SSSR count). The Morgan fingerprint density at radius 2 is 1.76 bits per heavy atom. The van der Waals surface area contributed by atoms with Crippen LogP contribution in [0.1, 0.15) is 5.56 Å². The predicted octanol–water partition coefficient (Wildman–Crippen LogP) is 0.103. The van der Waals surface area contributed by atoms with Crippen molar-refractivity contribution in [3.05, 3.63) is 58.1 Å². The van der Waals surface area contributed by atoms with Gasteiger partial charge in [-0.05, 0) is 29.8 Å². The zero-order valence-corrected chi connectivity index (χ0v) is 18.4. The standard InChI is InChI=1S/C20H20N4O9S/c25-19(21-10-13-1-6-16-17(9-13)33-12-32-16)20(26)22-11-18-23(7-8-31-18)34(29,30)15-4-2-14(3-5-15)24(27)28/h1-6,9,18H,7-8,10-12H2,(H,21,25)(H,22,26)/t18-/m0/s1. The molecule has 1 fully saturated rings. The number of sulfonamides is 1. The second-order valence-electron chi connectivity index (χ2n) is 7.27. The minimum absolute atomic E-state index is 0.0240. The Morgan fingerprint density at radius 1 is 1.06 bits per heavy atom. The van der Waals surface area contributed by atoms with E-state index >= 15 is 0 Å². The van der Waals surface area contributed by atoms with Crippen molar-refractivity contribution in [3.63, 3.8) is 0 Å². The number of nitrogens with zero attached hydrogens (tertiary/aromatic N) is 2. The minimum Gasteiger partial charge on any atom is -0.454 e. The number of non-ortho nitro benzene ring substituents is 1. The van der Waals surface area contributed by atoms with Gasteiger partial charge in [0.2, 0.25) is 16.8 Å². The number of rotatable bonds is 7. The Kier molecular flexibility index (Phi) is 6.63. The van der Waals surface area contributed by atoms with Crippen molar-refractivity contribution in [2.45, 2.75) is 17.7 Å². The third-order valence-corrected chi connectivity index (χ3v) is 7.03. The highest BCUT2D eigenvalue weighted by Gasteiger charge is 2.37. The van der Waals surface area contributed by atoms with Crippen LogP contribution in [-0.2, 0) is 30.9 Å². The Morgan fingerprint density at radius 3 is 2.50 bits per heavy atom. The van der Waals surface area contributed by atoms with Crippen LogP contribution in [0.2, 0.25) is 0 Å². The van der Waals surface area contributed by atoms with E-state index in [-0.39, 0.29) is 43.6 Å². The van der Waals surface area contributed by atoms with Crippen molar-refractivity contribution in [3.8, 4) is 11.5 Å². The number of hydrogen-bond donors (Lipinski definition) is 2.